The molecule has 3 heterocycles. The quantitative estimate of drug-likeness (QED) is 0.381. The summed E-state index contributed by atoms with van der Waals surface area (Å²) in [5.74, 6) is 7.12. The number of aromatic nitrogens is 2. The topological polar surface area (TPSA) is 103 Å². The van der Waals surface area contributed by atoms with E-state index in [1.807, 2.05) is 36.8 Å². The van der Waals surface area contributed by atoms with Gasteiger partial charge in [-0.2, -0.15) is 10.4 Å². The molecule has 2 atom stereocenters. The Morgan fingerprint density at radius 1 is 1.07 bits per heavy atom. The molecule has 0 radical (unpaired) electrons. The first-order valence-electron chi connectivity index (χ1n) is 15.8. The number of fused-ring (bicyclic) bond motifs is 1. The number of carbonyl (C=O) groups excluding carboxylic acids is 1. The van der Waals surface area contributed by atoms with Crippen molar-refractivity contribution >= 4 is 28.0 Å². The molecule has 2 aliphatic heterocycles. The van der Waals surface area contributed by atoms with Gasteiger partial charge >= 0.3 is 6.09 Å². The Labute approximate surface area is 269 Å². The van der Waals surface area contributed by atoms with E-state index in [-0.39, 0.29) is 12.1 Å². The third-order valence-corrected chi connectivity index (χ3v) is 10.2. The van der Waals surface area contributed by atoms with Gasteiger partial charge in [-0.25, -0.2) is 13.3 Å². The fourth-order valence-corrected chi connectivity index (χ4v) is 7.47. The maximum atomic E-state index is 13.5. The van der Waals surface area contributed by atoms with E-state index in [1.165, 1.54) is 16.5 Å². The standard InChI is InChI=1S/C35H44N6O3S/c1-24(40-17-13-26(14-18-40)28-10-12-32-25(2)38-39(6)33(32)22-28)7-8-27-21-31(11-9-29(27)23-36)45(43)41-19-15-30(16-20-41)37-34(42)44-35(3,4)5/h9-12,21-22,24,26,30H,13-20H2,1-6H3,(H,37,42). The number of carbonyl (C=O) groups is 1. The maximum absolute atomic E-state index is 13.5. The van der Waals surface area contributed by atoms with E-state index in [0.717, 1.165) is 31.6 Å². The summed E-state index contributed by atoms with van der Waals surface area (Å²) in [6, 6.07) is 14.3. The van der Waals surface area contributed by atoms with Crippen molar-refractivity contribution in [1.82, 2.24) is 24.3 Å². The second-order valence-electron chi connectivity index (χ2n) is 13.2. The predicted molar refractivity (Wildman–Crippen MR) is 177 cm³/mol. The number of rotatable bonds is 5. The highest BCUT2D eigenvalue weighted by Gasteiger charge is 2.27. The minimum absolute atomic E-state index is 0.0176. The summed E-state index contributed by atoms with van der Waals surface area (Å²) in [6.45, 7) is 12.7. The van der Waals surface area contributed by atoms with Crippen LogP contribution in [0.15, 0.2) is 41.3 Å². The monoisotopic (exact) mass is 628 g/mol. The van der Waals surface area contributed by atoms with Gasteiger partial charge in [-0.1, -0.05) is 24.0 Å². The van der Waals surface area contributed by atoms with Crippen LogP contribution in [0.5, 0.6) is 0 Å². The van der Waals surface area contributed by atoms with Gasteiger partial charge in [0.2, 0.25) is 0 Å². The van der Waals surface area contributed by atoms with Gasteiger partial charge in [0.15, 0.2) is 0 Å². The van der Waals surface area contributed by atoms with Crippen LogP contribution < -0.4 is 5.32 Å². The molecule has 0 saturated carbocycles. The normalized spacial score (nSPS) is 18.5. The minimum atomic E-state index is -1.39. The van der Waals surface area contributed by atoms with Crippen molar-refractivity contribution in [1.29, 1.82) is 5.26 Å². The lowest BCUT2D eigenvalue weighted by Crippen LogP contribution is -2.46. The molecule has 10 heteroatoms. The Morgan fingerprint density at radius 2 is 1.78 bits per heavy atom. The molecule has 2 aromatic carbocycles. The first kappa shape index (κ1) is 32.7. The zero-order valence-electron chi connectivity index (χ0n) is 27.2. The van der Waals surface area contributed by atoms with Crippen molar-refractivity contribution in [3.8, 4) is 17.9 Å². The minimum Gasteiger partial charge on any atom is -0.444 e. The first-order chi connectivity index (χ1) is 21.4. The molecule has 0 bridgehead atoms. The molecule has 9 nitrogen and oxygen atoms in total. The van der Waals surface area contributed by atoms with Gasteiger partial charge < -0.3 is 10.1 Å². The summed E-state index contributed by atoms with van der Waals surface area (Å²) in [5, 5.41) is 18.4. The zero-order chi connectivity index (χ0) is 32.3. The Morgan fingerprint density at radius 3 is 2.44 bits per heavy atom. The number of nitrogens with zero attached hydrogens (tertiary/aromatic N) is 5. The Kier molecular flexibility index (Phi) is 9.98. The second-order valence-corrected chi connectivity index (χ2v) is 14.6. The third-order valence-electron chi connectivity index (χ3n) is 8.75. The largest absolute Gasteiger partial charge is 0.444 e. The van der Waals surface area contributed by atoms with Crippen LogP contribution in [0.2, 0.25) is 0 Å². The number of alkyl carbamates (subject to hydrolysis) is 1. The van der Waals surface area contributed by atoms with Crippen LogP contribution >= 0.6 is 0 Å². The molecule has 5 rings (SSSR count). The lowest BCUT2D eigenvalue weighted by atomic mass is 9.88. The number of piperidine rings is 2. The van der Waals surface area contributed by atoms with Crippen molar-refractivity contribution in [2.45, 2.75) is 88.8 Å². The van der Waals surface area contributed by atoms with Crippen LogP contribution in [0.1, 0.15) is 81.7 Å². The van der Waals surface area contributed by atoms with E-state index < -0.39 is 22.7 Å². The van der Waals surface area contributed by atoms with Gasteiger partial charge in [0.25, 0.3) is 0 Å². The number of hydrogen-bond donors (Lipinski definition) is 1. The van der Waals surface area contributed by atoms with Crippen molar-refractivity contribution in [2.75, 3.05) is 26.2 Å². The van der Waals surface area contributed by atoms with E-state index in [4.69, 9.17) is 4.74 Å². The van der Waals surface area contributed by atoms with Gasteiger partial charge in [0, 0.05) is 37.1 Å². The fourth-order valence-electron chi connectivity index (χ4n) is 6.22. The number of benzene rings is 2. The van der Waals surface area contributed by atoms with Gasteiger partial charge in [0.05, 0.1) is 27.7 Å². The van der Waals surface area contributed by atoms with Gasteiger partial charge in [-0.3, -0.25) is 9.58 Å². The third kappa shape index (κ3) is 7.94. The van der Waals surface area contributed by atoms with Crippen LogP contribution in [0.25, 0.3) is 10.9 Å². The molecule has 1 N–H and O–H groups in total. The number of amides is 1. The average Bonchev–Trinajstić information content (AvgIpc) is 3.30. The van der Waals surface area contributed by atoms with E-state index in [1.54, 1.807) is 18.2 Å². The summed E-state index contributed by atoms with van der Waals surface area (Å²) in [6.07, 6.45) is 3.07. The molecule has 1 amide bonds. The smallest absolute Gasteiger partial charge is 0.407 e. The molecular formula is C35H44N6O3S. The molecule has 1 aromatic heterocycles. The Bertz CT molecular complexity index is 1680. The summed E-state index contributed by atoms with van der Waals surface area (Å²) in [5.41, 5.74) is 4.15. The Balaban J connectivity index is 1.18. The summed E-state index contributed by atoms with van der Waals surface area (Å²) >= 11 is 0. The molecular weight excluding hydrogens is 584 g/mol. The average molecular weight is 629 g/mol. The molecule has 0 aliphatic carbocycles. The van der Waals surface area contributed by atoms with Gasteiger partial charge in [0.1, 0.15) is 22.7 Å². The number of hydrogen-bond acceptors (Lipinski definition) is 6. The lowest BCUT2D eigenvalue weighted by Gasteiger charge is -2.34. The van der Waals surface area contributed by atoms with Gasteiger partial charge in [-0.05, 0) is 109 Å². The number of aryl methyl sites for hydroxylation is 2. The molecule has 2 unspecified atom stereocenters. The van der Waals surface area contributed by atoms with Crippen molar-refractivity contribution in [3.05, 3.63) is 58.8 Å². The van der Waals surface area contributed by atoms with E-state index >= 15 is 0 Å². The summed E-state index contributed by atoms with van der Waals surface area (Å²) < 4.78 is 22.7. The second kappa shape index (κ2) is 13.7. The molecule has 3 aromatic rings. The highest BCUT2D eigenvalue weighted by molar-refractivity contribution is 7.82. The number of nitriles is 1. The van der Waals surface area contributed by atoms with Crippen LogP contribution in [-0.2, 0) is 22.8 Å². The van der Waals surface area contributed by atoms with E-state index in [0.29, 0.717) is 47.9 Å². The molecule has 0 spiro atoms. The molecule has 2 aliphatic rings. The highest BCUT2D eigenvalue weighted by atomic mass is 32.2. The Hall–Kier alpha value is -3.70. The lowest BCUT2D eigenvalue weighted by molar-refractivity contribution is 0.0490. The molecule has 2 fully saturated rings. The van der Waals surface area contributed by atoms with Crippen molar-refractivity contribution < 1.29 is 13.7 Å². The van der Waals surface area contributed by atoms with Crippen LogP contribution in [-0.4, -0.2) is 73.2 Å². The molecule has 45 heavy (non-hydrogen) atoms. The summed E-state index contributed by atoms with van der Waals surface area (Å²) in [7, 11) is 0.616. The summed E-state index contributed by atoms with van der Waals surface area (Å²) in [4.78, 5) is 15.2. The van der Waals surface area contributed by atoms with Gasteiger partial charge in [-0.15, -0.1) is 0 Å². The van der Waals surface area contributed by atoms with Crippen molar-refractivity contribution in [3.63, 3.8) is 0 Å². The zero-order valence-corrected chi connectivity index (χ0v) is 28.0. The fraction of sp³-hybridized carbons (Fsp3) is 0.514. The van der Waals surface area contributed by atoms with Crippen LogP contribution in [0.3, 0.4) is 0 Å². The predicted octanol–water partition coefficient (Wildman–Crippen LogP) is 5.38. The molecule has 238 valence electrons. The first-order valence-corrected chi connectivity index (χ1v) is 16.9. The van der Waals surface area contributed by atoms with Crippen LogP contribution in [0, 0.1) is 30.1 Å². The van der Waals surface area contributed by atoms with E-state index in [2.05, 4.69) is 65.3 Å². The van der Waals surface area contributed by atoms with E-state index in [9.17, 15) is 14.3 Å². The number of nitrogens with one attached hydrogen (secondary N) is 1. The molecule has 2 saturated heterocycles. The maximum Gasteiger partial charge on any atom is 0.407 e. The van der Waals surface area contributed by atoms with Crippen LogP contribution in [0.4, 0.5) is 4.79 Å². The van der Waals surface area contributed by atoms with Crippen molar-refractivity contribution in [2.24, 2.45) is 7.05 Å². The highest BCUT2D eigenvalue weighted by Crippen LogP contribution is 2.31. The number of ether oxygens (including phenoxy) is 1. The number of likely N-dealkylation sites (tertiary alicyclic amines) is 1. The SMILES string of the molecule is Cc1nn(C)c2cc(C3CCN(C(C)C#Cc4cc(S(=O)N5CCC(NC(=O)OC(C)(C)C)CC5)ccc4C#N)CC3)ccc12.